The smallest absolute Gasteiger partial charge is 0.408 e. The second-order valence-corrected chi connectivity index (χ2v) is 13.0. The van der Waals surface area contributed by atoms with Crippen LogP contribution in [-0.4, -0.2) is 85.4 Å². The summed E-state index contributed by atoms with van der Waals surface area (Å²) in [5.74, 6) is -1.38. The first kappa shape index (κ1) is 35.3. The lowest BCUT2D eigenvalue weighted by Gasteiger charge is -2.30. The van der Waals surface area contributed by atoms with Gasteiger partial charge in [-0.05, 0) is 58.6 Å². The number of carbonyl (C=O) groups is 4. The largest absolute Gasteiger partial charge is 0.464 e. The number of esters is 1. The van der Waals surface area contributed by atoms with Crippen molar-refractivity contribution in [1.29, 1.82) is 0 Å². The molecule has 1 aromatic carbocycles. The number of likely N-dealkylation sites (tertiary alicyclic amines) is 1. The lowest BCUT2D eigenvalue weighted by molar-refractivity contribution is -0.150. The molecule has 1 aliphatic carbocycles. The Labute approximate surface area is 276 Å². The zero-order chi connectivity index (χ0) is 34.2. The predicted molar refractivity (Wildman–Crippen MR) is 175 cm³/mol. The van der Waals surface area contributed by atoms with Crippen molar-refractivity contribution in [3.05, 3.63) is 55.6 Å². The molecule has 0 spiro atoms. The van der Waals surface area contributed by atoms with Gasteiger partial charge < -0.3 is 25.0 Å². The highest BCUT2D eigenvalue weighted by atomic mass is 16.6. The summed E-state index contributed by atoms with van der Waals surface area (Å²) >= 11 is 0. The summed E-state index contributed by atoms with van der Waals surface area (Å²) in [6.07, 6.45) is 6.83. The first-order chi connectivity index (χ1) is 22.4. The first-order valence-electron chi connectivity index (χ1n) is 16.3. The van der Waals surface area contributed by atoms with E-state index in [1.165, 1.54) is 9.70 Å². The van der Waals surface area contributed by atoms with E-state index in [2.05, 4.69) is 39.2 Å². The maximum atomic E-state index is 14.3. The minimum atomic E-state index is -1.24. The van der Waals surface area contributed by atoms with E-state index >= 15 is 0 Å². The molecule has 1 aliphatic heterocycles. The number of alkyl carbamates (subject to hydrolysis) is 1. The number of hydrogen-bond donors (Lipinski definition) is 2. The molecule has 47 heavy (non-hydrogen) atoms. The van der Waals surface area contributed by atoms with E-state index in [0.29, 0.717) is 25.1 Å². The van der Waals surface area contributed by atoms with Gasteiger partial charge >= 0.3 is 12.1 Å². The molecule has 2 aliphatic rings. The lowest BCUT2D eigenvalue weighted by Crippen LogP contribution is -2.56. The van der Waals surface area contributed by atoms with Gasteiger partial charge in [0.2, 0.25) is 17.6 Å². The van der Waals surface area contributed by atoms with Crippen LogP contribution in [0.5, 0.6) is 0 Å². The van der Waals surface area contributed by atoms with E-state index in [1.807, 2.05) is 36.4 Å². The second-order valence-electron chi connectivity index (χ2n) is 13.0. The number of benzene rings is 1. The Morgan fingerprint density at radius 2 is 1.87 bits per heavy atom. The van der Waals surface area contributed by atoms with E-state index in [1.54, 1.807) is 33.8 Å². The van der Waals surface area contributed by atoms with Crippen LogP contribution in [0.1, 0.15) is 78.7 Å². The van der Waals surface area contributed by atoms with Crippen LogP contribution in [0.15, 0.2) is 55.6 Å². The topological polar surface area (TPSA) is 158 Å². The molecule has 5 atom stereocenters. The van der Waals surface area contributed by atoms with E-state index in [4.69, 9.17) is 9.47 Å². The SMILES string of the molecule is C=CCCCCC[C@H](NC(=O)OC(C)(C)C)C(=O)N1C[C@H](n2nnc(-c3ccccc3)n2)C[C@H]1C(=O)N[C@]1(C(=O)OCC)CC1C=C. The normalized spacial score (nSPS) is 22.6. The van der Waals surface area contributed by atoms with Crippen molar-refractivity contribution >= 4 is 23.9 Å². The molecule has 13 nitrogen and oxygen atoms in total. The Hall–Kier alpha value is -4.55. The standard InChI is InChI=1S/C34H47N7O6/c1-7-10-11-12-16-19-26(35-32(45)47-33(4,5)6)30(43)40-22-25(41-38-28(37-39-41)23-17-14-13-15-18-23)20-27(40)29(42)36-34(21-24(34)8-2)31(44)46-9-3/h7-8,13-15,17-18,24-27H,1-2,9-12,16,19-22H2,3-6H3,(H,35,45)(H,36,42)/t24?,25-,26+,27+,34-/m1/s1. The van der Waals surface area contributed by atoms with Crippen molar-refractivity contribution in [1.82, 2.24) is 35.7 Å². The molecular weight excluding hydrogens is 602 g/mol. The highest BCUT2D eigenvalue weighted by Gasteiger charge is 2.62. The predicted octanol–water partition coefficient (Wildman–Crippen LogP) is 4.14. The van der Waals surface area contributed by atoms with Gasteiger partial charge in [0, 0.05) is 24.4 Å². The number of hydrogen-bond acceptors (Lipinski definition) is 9. The van der Waals surface area contributed by atoms with Gasteiger partial charge in [-0.1, -0.05) is 55.3 Å². The van der Waals surface area contributed by atoms with Crippen molar-refractivity contribution in [2.75, 3.05) is 13.2 Å². The molecule has 2 heterocycles. The fourth-order valence-electron chi connectivity index (χ4n) is 5.84. The highest BCUT2D eigenvalue weighted by molar-refractivity contribution is 5.96. The molecule has 1 aromatic heterocycles. The van der Waals surface area contributed by atoms with Crippen LogP contribution in [0.25, 0.3) is 11.4 Å². The van der Waals surface area contributed by atoms with E-state index < -0.39 is 53.1 Å². The Kier molecular flexibility index (Phi) is 11.5. The van der Waals surface area contributed by atoms with Gasteiger partial charge in [0.25, 0.3) is 0 Å². The van der Waals surface area contributed by atoms with Gasteiger partial charge in [0.15, 0.2) is 0 Å². The molecule has 2 aromatic rings. The Balaban J connectivity index is 1.61. The van der Waals surface area contributed by atoms with Crippen molar-refractivity contribution < 1.29 is 28.7 Å². The summed E-state index contributed by atoms with van der Waals surface area (Å²) in [5, 5.41) is 18.7. The van der Waals surface area contributed by atoms with E-state index in [0.717, 1.165) is 24.8 Å². The molecule has 1 unspecified atom stereocenters. The first-order valence-corrected chi connectivity index (χ1v) is 16.3. The molecule has 2 N–H and O–H groups in total. The van der Waals surface area contributed by atoms with Crippen LogP contribution in [0.2, 0.25) is 0 Å². The van der Waals surface area contributed by atoms with Gasteiger partial charge in [-0.2, -0.15) is 4.80 Å². The summed E-state index contributed by atoms with van der Waals surface area (Å²) in [4.78, 5) is 57.0. The third kappa shape index (κ3) is 8.83. The Morgan fingerprint density at radius 3 is 2.51 bits per heavy atom. The number of rotatable bonds is 15. The molecule has 13 heteroatoms. The molecule has 4 rings (SSSR count). The van der Waals surface area contributed by atoms with Crippen LogP contribution in [0.3, 0.4) is 0 Å². The minimum absolute atomic E-state index is 0.0851. The number of nitrogens with zero attached hydrogens (tertiary/aromatic N) is 5. The number of unbranched alkanes of at least 4 members (excludes halogenated alkanes) is 3. The number of allylic oxidation sites excluding steroid dienone is 1. The molecule has 2 fully saturated rings. The van der Waals surface area contributed by atoms with Crippen LogP contribution < -0.4 is 10.6 Å². The molecule has 1 saturated carbocycles. The van der Waals surface area contributed by atoms with Crippen LogP contribution >= 0.6 is 0 Å². The Morgan fingerprint density at radius 1 is 1.13 bits per heavy atom. The zero-order valence-electron chi connectivity index (χ0n) is 27.8. The summed E-state index contributed by atoms with van der Waals surface area (Å²) in [6.45, 7) is 14.7. The summed E-state index contributed by atoms with van der Waals surface area (Å²) in [7, 11) is 0. The third-order valence-corrected chi connectivity index (χ3v) is 8.33. The quantitative estimate of drug-likeness (QED) is 0.164. The van der Waals surface area contributed by atoms with Crippen LogP contribution in [0.4, 0.5) is 4.79 Å². The number of nitrogens with one attached hydrogen (secondary N) is 2. The van der Waals surface area contributed by atoms with Gasteiger partial charge in [0.05, 0.1) is 12.6 Å². The number of ether oxygens (including phenoxy) is 2. The van der Waals surface area contributed by atoms with E-state index in [-0.39, 0.29) is 25.5 Å². The minimum Gasteiger partial charge on any atom is -0.464 e. The molecular formula is C34H47N7O6. The van der Waals surface area contributed by atoms with Gasteiger partial charge in [0.1, 0.15) is 23.2 Å². The molecule has 254 valence electrons. The van der Waals surface area contributed by atoms with Gasteiger partial charge in [-0.3, -0.25) is 9.59 Å². The summed E-state index contributed by atoms with van der Waals surface area (Å²) < 4.78 is 10.8. The fraction of sp³-hybridized carbons (Fsp3) is 0.559. The molecule has 0 bridgehead atoms. The fourth-order valence-corrected chi connectivity index (χ4v) is 5.84. The Bertz CT molecular complexity index is 1440. The third-order valence-electron chi connectivity index (χ3n) is 8.33. The maximum absolute atomic E-state index is 14.3. The van der Waals surface area contributed by atoms with Crippen LogP contribution in [0, 0.1) is 5.92 Å². The van der Waals surface area contributed by atoms with E-state index in [9.17, 15) is 19.2 Å². The summed E-state index contributed by atoms with van der Waals surface area (Å²) in [5.41, 5.74) is -1.24. The zero-order valence-corrected chi connectivity index (χ0v) is 27.8. The number of carbonyl (C=O) groups excluding carboxylic acids is 4. The molecule has 1 saturated heterocycles. The van der Waals surface area contributed by atoms with Gasteiger partial charge in [-0.15, -0.1) is 23.4 Å². The average Bonchev–Trinajstić information content (AvgIpc) is 3.33. The number of aromatic nitrogens is 4. The summed E-state index contributed by atoms with van der Waals surface area (Å²) in [6, 6.07) is 6.92. The number of amides is 3. The highest BCUT2D eigenvalue weighted by Crippen LogP contribution is 2.46. The average molecular weight is 650 g/mol. The van der Waals surface area contributed by atoms with Crippen molar-refractivity contribution in [3.63, 3.8) is 0 Å². The maximum Gasteiger partial charge on any atom is 0.408 e. The molecule has 0 radical (unpaired) electrons. The van der Waals surface area contributed by atoms with Gasteiger partial charge in [-0.25, -0.2) is 9.59 Å². The number of tetrazole rings is 1. The lowest BCUT2D eigenvalue weighted by atomic mass is 10.0. The van der Waals surface area contributed by atoms with Crippen molar-refractivity contribution in [2.24, 2.45) is 5.92 Å². The van der Waals surface area contributed by atoms with Crippen molar-refractivity contribution in [2.45, 2.75) is 102 Å². The monoisotopic (exact) mass is 649 g/mol. The van der Waals surface area contributed by atoms with Crippen LogP contribution in [-0.2, 0) is 23.9 Å². The second kappa shape index (κ2) is 15.4. The van der Waals surface area contributed by atoms with Crippen molar-refractivity contribution in [3.8, 4) is 11.4 Å². The molecule has 3 amide bonds.